The first-order valence-corrected chi connectivity index (χ1v) is 5.26. The summed E-state index contributed by atoms with van der Waals surface area (Å²) >= 11 is 0. The molecule has 2 N–H and O–H groups in total. The zero-order valence-electron chi connectivity index (χ0n) is 8.05. The second kappa shape index (κ2) is 5.55. The molecule has 0 aromatic heterocycles. The van der Waals surface area contributed by atoms with Gasteiger partial charge in [-0.05, 0) is 32.2 Å². The number of unbranched alkanes of at least 4 members (excludes halogenated alkanes) is 2. The highest BCUT2D eigenvalue weighted by molar-refractivity contribution is 4.82. The Morgan fingerprint density at radius 2 is 2.17 bits per heavy atom. The predicted octanol–water partition coefficient (Wildman–Crippen LogP) is 1.68. The molecule has 0 aromatic rings. The first-order valence-electron chi connectivity index (χ1n) is 5.26. The molecule has 1 rings (SSSR count). The van der Waals surface area contributed by atoms with Crippen LogP contribution >= 0.6 is 0 Å². The van der Waals surface area contributed by atoms with Gasteiger partial charge in [-0.1, -0.05) is 19.8 Å². The normalized spacial score (nSPS) is 29.5. The van der Waals surface area contributed by atoms with Gasteiger partial charge < -0.3 is 10.4 Å². The molecule has 72 valence electrons. The quantitative estimate of drug-likeness (QED) is 0.617. The average Bonchev–Trinajstić information content (AvgIpc) is 2.46. The van der Waals surface area contributed by atoms with Crippen LogP contribution < -0.4 is 5.32 Å². The van der Waals surface area contributed by atoms with Crippen LogP contribution in [-0.2, 0) is 0 Å². The minimum absolute atomic E-state index is 0.0772. The van der Waals surface area contributed by atoms with Gasteiger partial charge in [-0.25, -0.2) is 0 Å². The van der Waals surface area contributed by atoms with E-state index < -0.39 is 0 Å². The lowest BCUT2D eigenvalue weighted by atomic mass is 10.2. The summed E-state index contributed by atoms with van der Waals surface area (Å²) in [5, 5.41) is 12.9. The Bertz CT molecular complexity index is 116. The molecule has 0 aromatic carbocycles. The van der Waals surface area contributed by atoms with E-state index in [1.165, 1.54) is 25.7 Å². The van der Waals surface area contributed by atoms with Crippen LogP contribution in [0.2, 0.25) is 0 Å². The molecular weight excluding hydrogens is 150 g/mol. The van der Waals surface area contributed by atoms with Gasteiger partial charge in [0.25, 0.3) is 0 Å². The maximum atomic E-state index is 9.48. The Labute approximate surface area is 75.4 Å². The number of nitrogens with one attached hydrogen (secondary N) is 1. The van der Waals surface area contributed by atoms with Crippen molar-refractivity contribution in [2.24, 2.45) is 0 Å². The van der Waals surface area contributed by atoms with Crippen molar-refractivity contribution in [2.45, 2.75) is 57.6 Å². The minimum Gasteiger partial charge on any atom is -0.392 e. The van der Waals surface area contributed by atoms with E-state index in [-0.39, 0.29) is 6.10 Å². The third-order valence-electron chi connectivity index (χ3n) is 2.67. The van der Waals surface area contributed by atoms with Crippen LogP contribution in [0.25, 0.3) is 0 Å². The van der Waals surface area contributed by atoms with E-state index in [1.807, 2.05) is 0 Å². The van der Waals surface area contributed by atoms with Crippen LogP contribution in [0.4, 0.5) is 0 Å². The van der Waals surface area contributed by atoms with Crippen LogP contribution in [0.3, 0.4) is 0 Å². The van der Waals surface area contributed by atoms with Crippen molar-refractivity contribution in [2.75, 3.05) is 6.54 Å². The fourth-order valence-electron chi connectivity index (χ4n) is 1.84. The summed E-state index contributed by atoms with van der Waals surface area (Å²) in [5.41, 5.74) is 0. The van der Waals surface area contributed by atoms with Gasteiger partial charge in [0.2, 0.25) is 0 Å². The van der Waals surface area contributed by atoms with E-state index >= 15 is 0 Å². The van der Waals surface area contributed by atoms with Gasteiger partial charge in [-0.3, -0.25) is 0 Å². The van der Waals surface area contributed by atoms with Crippen LogP contribution in [0.15, 0.2) is 0 Å². The van der Waals surface area contributed by atoms with Crippen LogP contribution in [0.5, 0.6) is 0 Å². The lowest BCUT2D eigenvalue weighted by Crippen LogP contribution is -2.36. The minimum atomic E-state index is -0.0772. The summed E-state index contributed by atoms with van der Waals surface area (Å²) in [6, 6.07) is 0.391. The summed E-state index contributed by atoms with van der Waals surface area (Å²) in [6.07, 6.45) is 7.09. The highest BCUT2D eigenvalue weighted by atomic mass is 16.3. The third kappa shape index (κ3) is 3.11. The highest BCUT2D eigenvalue weighted by Crippen LogP contribution is 2.18. The van der Waals surface area contributed by atoms with E-state index in [1.54, 1.807) is 0 Å². The van der Waals surface area contributed by atoms with E-state index in [9.17, 15) is 5.11 Å². The Morgan fingerprint density at radius 3 is 2.75 bits per heavy atom. The van der Waals surface area contributed by atoms with E-state index in [4.69, 9.17) is 0 Å². The molecule has 0 radical (unpaired) electrons. The largest absolute Gasteiger partial charge is 0.392 e. The number of aliphatic hydroxyl groups excluding tert-OH is 1. The molecule has 1 fully saturated rings. The molecule has 1 aliphatic carbocycles. The molecule has 0 unspecified atom stereocenters. The van der Waals surface area contributed by atoms with Gasteiger partial charge in [0.05, 0.1) is 6.10 Å². The molecule has 0 heterocycles. The van der Waals surface area contributed by atoms with Crippen molar-refractivity contribution in [3.8, 4) is 0 Å². The first-order chi connectivity index (χ1) is 5.84. The number of hydrogen-bond acceptors (Lipinski definition) is 2. The summed E-state index contributed by atoms with van der Waals surface area (Å²) in [4.78, 5) is 0. The Balaban J connectivity index is 1.98. The first kappa shape index (κ1) is 10.0. The van der Waals surface area contributed by atoms with Crippen molar-refractivity contribution in [1.82, 2.24) is 5.32 Å². The van der Waals surface area contributed by atoms with Crippen molar-refractivity contribution >= 4 is 0 Å². The molecule has 1 aliphatic rings. The van der Waals surface area contributed by atoms with Crippen molar-refractivity contribution in [3.63, 3.8) is 0 Å². The number of hydrogen-bond donors (Lipinski definition) is 2. The average molecular weight is 171 g/mol. The summed E-state index contributed by atoms with van der Waals surface area (Å²) in [7, 11) is 0. The third-order valence-corrected chi connectivity index (χ3v) is 2.67. The SMILES string of the molecule is CCCCCN[C@H]1CCC[C@@H]1O. The van der Waals surface area contributed by atoms with Crippen LogP contribution in [0, 0.1) is 0 Å². The zero-order valence-corrected chi connectivity index (χ0v) is 8.05. The molecule has 0 spiro atoms. The fraction of sp³-hybridized carbons (Fsp3) is 1.00. The van der Waals surface area contributed by atoms with Gasteiger partial charge >= 0.3 is 0 Å². The predicted molar refractivity (Wildman–Crippen MR) is 51.2 cm³/mol. The van der Waals surface area contributed by atoms with Crippen molar-refractivity contribution in [1.29, 1.82) is 0 Å². The van der Waals surface area contributed by atoms with Crippen LogP contribution in [0.1, 0.15) is 45.4 Å². The molecule has 0 bridgehead atoms. The summed E-state index contributed by atoms with van der Waals surface area (Å²) < 4.78 is 0. The van der Waals surface area contributed by atoms with E-state index in [0.717, 1.165) is 19.4 Å². The van der Waals surface area contributed by atoms with Crippen molar-refractivity contribution < 1.29 is 5.11 Å². The van der Waals surface area contributed by atoms with Gasteiger partial charge in [0.1, 0.15) is 0 Å². The topological polar surface area (TPSA) is 32.3 Å². The standard InChI is InChI=1S/C10H21NO/c1-2-3-4-8-11-9-6-5-7-10(9)12/h9-12H,2-8H2,1H3/t9-,10-/m0/s1. The molecular formula is C10H21NO. The summed E-state index contributed by atoms with van der Waals surface area (Å²) in [6.45, 7) is 3.29. The fourth-order valence-corrected chi connectivity index (χ4v) is 1.84. The van der Waals surface area contributed by atoms with Gasteiger partial charge in [-0.15, -0.1) is 0 Å². The Hall–Kier alpha value is -0.0800. The Kier molecular flexibility index (Phi) is 4.62. The molecule has 0 amide bonds. The zero-order chi connectivity index (χ0) is 8.81. The maximum absolute atomic E-state index is 9.48. The molecule has 0 saturated heterocycles. The van der Waals surface area contributed by atoms with E-state index in [0.29, 0.717) is 6.04 Å². The molecule has 2 atom stereocenters. The van der Waals surface area contributed by atoms with E-state index in [2.05, 4.69) is 12.2 Å². The second-order valence-corrected chi connectivity index (χ2v) is 3.77. The maximum Gasteiger partial charge on any atom is 0.0693 e. The molecule has 1 saturated carbocycles. The van der Waals surface area contributed by atoms with Crippen LogP contribution in [-0.4, -0.2) is 23.8 Å². The number of aliphatic hydroxyl groups is 1. The van der Waals surface area contributed by atoms with Gasteiger partial charge in [0, 0.05) is 6.04 Å². The summed E-state index contributed by atoms with van der Waals surface area (Å²) in [5.74, 6) is 0. The van der Waals surface area contributed by atoms with Crippen molar-refractivity contribution in [3.05, 3.63) is 0 Å². The molecule has 2 nitrogen and oxygen atoms in total. The van der Waals surface area contributed by atoms with Gasteiger partial charge in [0.15, 0.2) is 0 Å². The second-order valence-electron chi connectivity index (χ2n) is 3.77. The lowest BCUT2D eigenvalue weighted by Gasteiger charge is -2.15. The molecule has 2 heteroatoms. The molecule has 12 heavy (non-hydrogen) atoms. The monoisotopic (exact) mass is 171 g/mol. The Morgan fingerprint density at radius 1 is 1.33 bits per heavy atom. The lowest BCUT2D eigenvalue weighted by molar-refractivity contribution is 0.149. The number of rotatable bonds is 5. The highest BCUT2D eigenvalue weighted by Gasteiger charge is 2.23. The molecule has 0 aliphatic heterocycles. The smallest absolute Gasteiger partial charge is 0.0693 e. The van der Waals surface area contributed by atoms with Gasteiger partial charge in [-0.2, -0.15) is 0 Å².